The van der Waals surface area contributed by atoms with Crippen molar-refractivity contribution in [3.8, 4) is 0 Å². The number of hydrogen-bond acceptors (Lipinski definition) is 5. The molecule has 29 heavy (non-hydrogen) atoms. The molecule has 0 spiro atoms. The highest BCUT2D eigenvalue weighted by Crippen LogP contribution is 2.39. The van der Waals surface area contributed by atoms with Crippen LogP contribution < -0.4 is 0 Å². The van der Waals surface area contributed by atoms with Crippen LogP contribution in [0.15, 0.2) is 23.1 Å². The lowest BCUT2D eigenvalue weighted by atomic mass is 10.4. The summed E-state index contributed by atoms with van der Waals surface area (Å²) in [5.74, 6) is 1.61. The number of aromatic nitrogens is 3. The quantitative estimate of drug-likeness (QED) is 0.597. The molecule has 0 bridgehead atoms. The van der Waals surface area contributed by atoms with Crippen LogP contribution in [0.5, 0.6) is 0 Å². The molecule has 0 atom stereocenters. The molecule has 7 nitrogen and oxygen atoms in total. The predicted octanol–water partition coefficient (Wildman–Crippen LogP) is 3.58. The molecule has 158 valence electrons. The Kier molecular flexibility index (Phi) is 6.07. The summed E-state index contributed by atoms with van der Waals surface area (Å²) in [5, 5.41) is 5.27. The molecule has 4 rings (SSSR count). The van der Waals surface area contributed by atoms with Gasteiger partial charge in [0.1, 0.15) is 10.7 Å². The highest BCUT2D eigenvalue weighted by molar-refractivity contribution is 7.89. The van der Waals surface area contributed by atoms with E-state index in [1.165, 1.54) is 29.3 Å². The summed E-state index contributed by atoms with van der Waals surface area (Å²) in [6.07, 6.45) is 2.35. The number of piperazine rings is 1. The Bertz CT molecular complexity index is 1070. The average Bonchev–Trinajstić information content (AvgIpc) is 3.49. The second kappa shape index (κ2) is 8.28. The first-order chi connectivity index (χ1) is 13.8. The van der Waals surface area contributed by atoms with E-state index in [1.807, 2.05) is 4.68 Å². The van der Waals surface area contributed by atoms with Gasteiger partial charge in [-0.1, -0.05) is 23.2 Å². The first kappa shape index (κ1) is 21.3. The first-order valence-electron chi connectivity index (χ1n) is 9.66. The van der Waals surface area contributed by atoms with Crippen molar-refractivity contribution in [2.24, 2.45) is 0 Å². The summed E-state index contributed by atoms with van der Waals surface area (Å²) in [6, 6.07) is 4.49. The minimum absolute atomic E-state index is 0.0538. The summed E-state index contributed by atoms with van der Waals surface area (Å²) < 4.78 is 32.1. The Morgan fingerprint density at radius 2 is 1.86 bits per heavy atom. The lowest BCUT2D eigenvalue weighted by Crippen LogP contribution is -2.49. The van der Waals surface area contributed by atoms with Gasteiger partial charge in [0.15, 0.2) is 4.77 Å². The van der Waals surface area contributed by atoms with Crippen LogP contribution in [0.3, 0.4) is 0 Å². The molecule has 2 fully saturated rings. The Hall–Kier alpha value is -0.970. The van der Waals surface area contributed by atoms with Crippen molar-refractivity contribution in [1.82, 2.24) is 23.6 Å². The predicted molar refractivity (Wildman–Crippen MR) is 115 cm³/mol. The molecule has 2 aliphatic rings. The van der Waals surface area contributed by atoms with Crippen molar-refractivity contribution in [1.29, 1.82) is 0 Å². The van der Waals surface area contributed by atoms with Crippen molar-refractivity contribution in [2.75, 3.05) is 26.2 Å². The van der Waals surface area contributed by atoms with Crippen molar-refractivity contribution >= 4 is 45.4 Å². The molecule has 1 saturated heterocycles. The summed E-state index contributed by atoms with van der Waals surface area (Å²) in [6.45, 7) is 5.41. The number of sulfonamides is 1. The number of rotatable bonds is 6. The van der Waals surface area contributed by atoms with E-state index >= 15 is 0 Å². The lowest BCUT2D eigenvalue weighted by molar-refractivity contribution is 0.144. The number of benzene rings is 1. The van der Waals surface area contributed by atoms with Gasteiger partial charge < -0.3 is 4.57 Å². The van der Waals surface area contributed by atoms with Crippen molar-refractivity contribution in [2.45, 2.75) is 43.8 Å². The molecule has 0 amide bonds. The number of halogens is 2. The molecule has 1 aliphatic carbocycles. The van der Waals surface area contributed by atoms with Gasteiger partial charge in [-0.05, 0) is 50.2 Å². The van der Waals surface area contributed by atoms with E-state index in [1.54, 1.807) is 6.07 Å². The molecule has 1 aromatic carbocycles. The topological polar surface area (TPSA) is 63.4 Å². The molecule has 1 aromatic heterocycles. The Morgan fingerprint density at radius 1 is 1.17 bits per heavy atom. The van der Waals surface area contributed by atoms with Crippen LogP contribution in [0.4, 0.5) is 0 Å². The van der Waals surface area contributed by atoms with Gasteiger partial charge in [0.2, 0.25) is 10.0 Å². The highest BCUT2D eigenvalue weighted by atomic mass is 35.5. The molecule has 11 heteroatoms. The second-order valence-corrected chi connectivity index (χ2v) is 10.5. The second-order valence-electron chi connectivity index (χ2n) is 7.40. The van der Waals surface area contributed by atoms with Crippen molar-refractivity contribution in [3.63, 3.8) is 0 Å². The number of hydrogen-bond donors (Lipinski definition) is 0. The van der Waals surface area contributed by atoms with Crippen LogP contribution in [-0.2, 0) is 23.2 Å². The molecule has 0 N–H and O–H groups in total. The van der Waals surface area contributed by atoms with Crippen LogP contribution in [0.1, 0.15) is 31.5 Å². The fourth-order valence-corrected chi connectivity index (χ4v) is 6.09. The van der Waals surface area contributed by atoms with Gasteiger partial charge in [0, 0.05) is 43.7 Å². The minimum atomic E-state index is -3.69. The molecule has 2 aromatic rings. The molecule has 0 unspecified atom stereocenters. The number of nitrogens with zero attached hydrogens (tertiary/aromatic N) is 5. The minimum Gasteiger partial charge on any atom is -0.304 e. The van der Waals surface area contributed by atoms with E-state index in [9.17, 15) is 8.42 Å². The first-order valence-corrected chi connectivity index (χ1v) is 12.3. The largest absolute Gasteiger partial charge is 0.304 e. The van der Waals surface area contributed by atoms with Gasteiger partial charge in [-0.2, -0.15) is 9.40 Å². The van der Waals surface area contributed by atoms with Gasteiger partial charge in [0.25, 0.3) is 0 Å². The third-order valence-corrected chi connectivity index (χ3v) is 8.43. The molecule has 2 heterocycles. The third-order valence-electron chi connectivity index (χ3n) is 5.39. The zero-order valence-corrected chi connectivity index (χ0v) is 19.2. The van der Waals surface area contributed by atoms with Gasteiger partial charge in [-0.15, -0.1) is 0 Å². The Labute approximate surface area is 185 Å². The van der Waals surface area contributed by atoms with Gasteiger partial charge in [-0.25, -0.2) is 13.1 Å². The monoisotopic (exact) mass is 475 g/mol. The van der Waals surface area contributed by atoms with E-state index < -0.39 is 10.0 Å². The maximum absolute atomic E-state index is 13.0. The lowest BCUT2D eigenvalue weighted by Gasteiger charge is -2.33. The molecule has 1 saturated carbocycles. The zero-order valence-electron chi connectivity index (χ0n) is 16.1. The van der Waals surface area contributed by atoms with Crippen molar-refractivity contribution in [3.05, 3.63) is 38.8 Å². The van der Waals surface area contributed by atoms with E-state index in [4.69, 9.17) is 40.5 Å². The average molecular weight is 476 g/mol. The summed E-state index contributed by atoms with van der Waals surface area (Å²) in [7, 11) is -3.69. The van der Waals surface area contributed by atoms with Gasteiger partial charge in [0.05, 0.1) is 11.7 Å². The van der Waals surface area contributed by atoms with E-state index in [0.29, 0.717) is 43.8 Å². The van der Waals surface area contributed by atoms with E-state index in [0.717, 1.165) is 17.1 Å². The van der Waals surface area contributed by atoms with E-state index in [-0.39, 0.29) is 9.92 Å². The summed E-state index contributed by atoms with van der Waals surface area (Å²) in [4.78, 5) is 2.23. The third kappa shape index (κ3) is 4.26. The van der Waals surface area contributed by atoms with Gasteiger partial charge >= 0.3 is 0 Å². The summed E-state index contributed by atoms with van der Waals surface area (Å²) >= 11 is 17.7. The fourth-order valence-electron chi connectivity index (χ4n) is 3.61. The summed E-state index contributed by atoms with van der Waals surface area (Å²) in [5.41, 5.74) is 0. The Morgan fingerprint density at radius 3 is 2.48 bits per heavy atom. The highest BCUT2D eigenvalue weighted by Gasteiger charge is 2.32. The molecular weight excluding hydrogens is 453 g/mol. The van der Waals surface area contributed by atoms with Crippen LogP contribution >= 0.6 is 35.4 Å². The van der Waals surface area contributed by atoms with Gasteiger partial charge in [-0.3, -0.25) is 4.90 Å². The molecular formula is C18H23Cl2N5O2S2. The van der Waals surface area contributed by atoms with Crippen LogP contribution in [0.2, 0.25) is 10.0 Å². The zero-order chi connectivity index (χ0) is 20.8. The molecule has 1 aliphatic heterocycles. The Balaban J connectivity index is 1.45. The molecule has 0 radical (unpaired) electrons. The maximum Gasteiger partial charge on any atom is 0.244 e. The van der Waals surface area contributed by atoms with Crippen molar-refractivity contribution < 1.29 is 8.42 Å². The van der Waals surface area contributed by atoms with E-state index in [2.05, 4.69) is 16.4 Å². The van der Waals surface area contributed by atoms with Crippen LogP contribution in [0.25, 0.3) is 0 Å². The van der Waals surface area contributed by atoms with Crippen LogP contribution in [0, 0.1) is 4.77 Å². The smallest absolute Gasteiger partial charge is 0.244 e. The SMILES string of the molecule is CCn1c(C2CC2)nn(CN2CCN(S(=O)(=O)c3cc(Cl)ccc3Cl)CC2)c1=S. The standard InChI is InChI=1S/C18H23Cl2N5O2S2/c1-2-24-17(13-3-4-13)21-25(18(24)28)12-22-7-9-23(10-8-22)29(26,27)16-11-14(19)5-6-15(16)20/h5-6,11,13H,2-4,7-10,12H2,1H3. The van der Waals surface area contributed by atoms with Crippen LogP contribution in [-0.4, -0.2) is 58.1 Å². The maximum atomic E-state index is 13.0. The normalized spacial score (nSPS) is 19.0. The fraction of sp³-hybridized carbons (Fsp3) is 0.556.